The predicted molar refractivity (Wildman–Crippen MR) is 160 cm³/mol. The molecule has 0 spiro atoms. The summed E-state index contributed by atoms with van der Waals surface area (Å²) in [5.74, 6) is 0.824. The first-order valence-electron chi connectivity index (χ1n) is 13.0. The van der Waals surface area contributed by atoms with Crippen LogP contribution >= 0.6 is 0 Å². The number of halogens is 1. The Hall–Kier alpha value is -4.71. The number of nitrogens with two attached hydrogens (primary N) is 1. The molecule has 2 heterocycles. The summed E-state index contributed by atoms with van der Waals surface area (Å²) in [7, 11) is 0. The van der Waals surface area contributed by atoms with E-state index >= 15 is 0 Å². The molecule has 1 fully saturated rings. The third kappa shape index (κ3) is 5.32. The number of nitrogen functional groups attached to an aromatic ring is 1. The second kappa shape index (κ2) is 11.0. The van der Waals surface area contributed by atoms with Gasteiger partial charge in [0.25, 0.3) is 0 Å². The van der Waals surface area contributed by atoms with Crippen LogP contribution in [-0.4, -0.2) is 15.0 Å². The molecule has 0 amide bonds. The summed E-state index contributed by atoms with van der Waals surface area (Å²) in [4.78, 5) is 12.5. The molecule has 0 atom stereocenters. The number of nitrogens with zero attached hydrogens (tertiary/aromatic N) is 2. The fourth-order valence-corrected chi connectivity index (χ4v) is 4.73. The smallest absolute Gasteiger partial charge is 0.138 e. The van der Waals surface area contributed by atoms with E-state index in [-0.39, 0.29) is 5.82 Å². The van der Waals surface area contributed by atoms with Crippen molar-refractivity contribution in [2.24, 2.45) is 5.92 Å². The average Bonchev–Trinajstić information content (AvgIpc) is 3.35. The van der Waals surface area contributed by atoms with Gasteiger partial charge in [-0.2, -0.15) is 0 Å². The quantitative estimate of drug-likeness (QED) is 0.156. The lowest BCUT2D eigenvalue weighted by Gasteiger charge is -2.28. The first kappa shape index (κ1) is 25.9. The lowest BCUT2D eigenvalue weighted by molar-refractivity contribution is 0.356. The van der Waals surface area contributed by atoms with Gasteiger partial charge in [0.15, 0.2) is 0 Å². The van der Waals surface area contributed by atoms with E-state index in [1.54, 1.807) is 24.5 Å². The Morgan fingerprint density at radius 2 is 1.90 bits per heavy atom. The topological polar surface area (TPSA) is 79.6 Å². The number of imidazole rings is 1. The Morgan fingerprint density at radius 3 is 2.56 bits per heavy atom. The van der Waals surface area contributed by atoms with Crippen LogP contribution in [0.15, 0.2) is 104 Å². The van der Waals surface area contributed by atoms with Gasteiger partial charge in [-0.1, -0.05) is 50.4 Å². The number of rotatable bonds is 9. The maximum Gasteiger partial charge on any atom is 0.138 e. The van der Waals surface area contributed by atoms with Gasteiger partial charge in [0.1, 0.15) is 11.6 Å². The number of nitrogens with one attached hydrogen (secondary N) is 2. The summed E-state index contributed by atoms with van der Waals surface area (Å²) >= 11 is 0. The zero-order chi connectivity index (χ0) is 27.5. The Kier molecular flexibility index (Phi) is 7.28. The van der Waals surface area contributed by atoms with Gasteiger partial charge in [-0.15, -0.1) is 0 Å². The first-order valence-corrected chi connectivity index (χ1v) is 13.0. The Morgan fingerprint density at radius 1 is 1.13 bits per heavy atom. The Balaban J connectivity index is 1.46. The number of hydrogen-bond donors (Lipinski definition) is 3. The van der Waals surface area contributed by atoms with E-state index in [1.165, 1.54) is 31.4 Å². The number of hydrogen-bond acceptors (Lipinski definition) is 4. The highest BCUT2D eigenvalue weighted by atomic mass is 19.1. The summed E-state index contributed by atoms with van der Waals surface area (Å²) in [6.45, 7) is 14.5. The highest BCUT2D eigenvalue weighted by Gasteiger charge is 2.21. The highest BCUT2D eigenvalue weighted by molar-refractivity contribution is 5.94. The molecule has 4 N–H and O–H groups in total. The maximum atomic E-state index is 13.5. The van der Waals surface area contributed by atoms with Crippen LogP contribution < -0.4 is 11.1 Å². The van der Waals surface area contributed by atoms with Crippen molar-refractivity contribution in [2.75, 3.05) is 5.73 Å². The molecule has 4 aromatic rings. The molecule has 2 aromatic heterocycles. The SMILES string of the molecule is C=C/C(=C\C(=C/C)c1ccc(N)c(C(=C)c2nc3c(-c4ccc(F)cc4)cncc3[nH]2)c1)NC(=C)C1CCC1. The van der Waals surface area contributed by atoms with Crippen LogP contribution in [0, 0.1) is 11.7 Å². The third-order valence-corrected chi connectivity index (χ3v) is 7.29. The molecule has 0 unspecified atom stereocenters. The molecule has 39 heavy (non-hydrogen) atoms. The van der Waals surface area contributed by atoms with Gasteiger partial charge >= 0.3 is 0 Å². The molecule has 1 aliphatic rings. The van der Waals surface area contributed by atoms with Gasteiger partial charge in [0, 0.05) is 40.0 Å². The van der Waals surface area contributed by atoms with Crippen molar-refractivity contribution in [3.63, 3.8) is 0 Å². The zero-order valence-electron chi connectivity index (χ0n) is 22.1. The molecule has 5 nitrogen and oxygen atoms in total. The molecule has 6 heteroatoms. The molecule has 1 aliphatic carbocycles. The van der Waals surface area contributed by atoms with Gasteiger partial charge in [-0.05, 0) is 78.8 Å². The van der Waals surface area contributed by atoms with E-state index in [9.17, 15) is 4.39 Å². The van der Waals surface area contributed by atoms with Crippen LogP contribution in [0.4, 0.5) is 10.1 Å². The maximum absolute atomic E-state index is 13.5. The molecular weight excluding hydrogens is 485 g/mol. The van der Waals surface area contributed by atoms with Crippen molar-refractivity contribution in [1.82, 2.24) is 20.3 Å². The lowest BCUT2D eigenvalue weighted by Crippen LogP contribution is -2.23. The van der Waals surface area contributed by atoms with Gasteiger partial charge < -0.3 is 16.0 Å². The number of H-pyrrole nitrogens is 1. The lowest BCUT2D eigenvalue weighted by atomic mass is 9.83. The first-order chi connectivity index (χ1) is 18.9. The van der Waals surface area contributed by atoms with Gasteiger partial charge in [0.2, 0.25) is 0 Å². The van der Waals surface area contributed by atoms with Gasteiger partial charge in [-0.25, -0.2) is 9.37 Å². The van der Waals surface area contributed by atoms with Gasteiger partial charge in [-0.3, -0.25) is 4.98 Å². The number of fused-ring (bicyclic) bond motifs is 1. The van der Waals surface area contributed by atoms with E-state index in [0.717, 1.165) is 50.3 Å². The monoisotopic (exact) mass is 517 g/mol. The minimum absolute atomic E-state index is 0.292. The van der Waals surface area contributed by atoms with E-state index in [4.69, 9.17) is 10.7 Å². The van der Waals surface area contributed by atoms with Crippen molar-refractivity contribution in [3.8, 4) is 11.1 Å². The van der Waals surface area contributed by atoms with Crippen LogP contribution in [-0.2, 0) is 0 Å². The van der Waals surface area contributed by atoms with Crippen molar-refractivity contribution in [2.45, 2.75) is 26.2 Å². The molecule has 2 aromatic carbocycles. The van der Waals surface area contributed by atoms with Crippen molar-refractivity contribution >= 4 is 27.9 Å². The van der Waals surface area contributed by atoms with E-state index in [2.05, 4.69) is 47.2 Å². The number of aromatic amines is 1. The molecule has 0 aliphatic heterocycles. The van der Waals surface area contributed by atoms with Crippen molar-refractivity contribution in [3.05, 3.63) is 127 Å². The van der Waals surface area contributed by atoms with Crippen molar-refractivity contribution < 1.29 is 4.39 Å². The van der Waals surface area contributed by atoms with Crippen molar-refractivity contribution in [1.29, 1.82) is 0 Å². The summed E-state index contributed by atoms with van der Waals surface area (Å²) in [6, 6.07) is 12.2. The van der Waals surface area contributed by atoms with Crippen LogP contribution in [0.2, 0.25) is 0 Å². The standard InChI is InChI=1S/C33H32FN5/c1-5-22(16-27(6-2)37-21(4)23-8-7-9-23)25-12-15-30(35)28(17-25)20(3)33-38-31-19-36-18-29(32(31)39-33)24-10-13-26(34)14-11-24/h5-6,10-19,23,37H,2-4,7-9,35H2,1H3,(H,38,39)/b22-5+,27-16+. The number of anilines is 1. The summed E-state index contributed by atoms with van der Waals surface area (Å²) < 4.78 is 13.5. The predicted octanol–water partition coefficient (Wildman–Crippen LogP) is 7.78. The number of benzene rings is 2. The molecule has 5 rings (SSSR count). The fraction of sp³-hybridized carbons (Fsp3) is 0.152. The fourth-order valence-electron chi connectivity index (χ4n) is 4.73. The Bertz CT molecular complexity index is 1630. The molecular formula is C33H32FN5. The van der Waals surface area contributed by atoms with Gasteiger partial charge in [0.05, 0.1) is 17.2 Å². The molecule has 1 saturated carbocycles. The number of aromatic nitrogens is 3. The van der Waals surface area contributed by atoms with E-state index in [0.29, 0.717) is 23.0 Å². The Labute approximate surface area is 228 Å². The second-order valence-electron chi connectivity index (χ2n) is 9.78. The molecule has 0 bridgehead atoms. The van der Waals surface area contributed by atoms with E-state index in [1.807, 2.05) is 31.2 Å². The molecule has 0 radical (unpaired) electrons. The summed E-state index contributed by atoms with van der Waals surface area (Å²) in [6.07, 6.45) is 13.0. The van der Waals surface area contributed by atoms with Crippen LogP contribution in [0.3, 0.4) is 0 Å². The van der Waals surface area contributed by atoms with Crippen LogP contribution in [0.5, 0.6) is 0 Å². The minimum atomic E-state index is -0.292. The average molecular weight is 518 g/mol. The highest BCUT2D eigenvalue weighted by Crippen LogP contribution is 2.34. The van der Waals surface area contributed by atoms with Crippen LogP contribution in [0.1, 0.15) is 43.1 Å². The summed E-state index contributed by atoms with van der Waals surface area (Å²) in [5, 5.41) is 3.44. The molecule has 196 valence electrons. The largest absolute Gasteiger partial charge is 0.398 e. The zero-order valence-corrected chi connectivity index (χ0v) is 22.1. The minimum Gasteiger partial charge on any atom is -0.398 e. The number of allylic oxidation sites excluding steroid dienone is 5. The third-order valence-electron chi connectivity index (χ3n) is 7.29. The van der Waals surface area contributed by atoms with E-state index < -0.39 is 0 Å². The van der Waals surface area contributed by atoms with Crippen LogP contribution in [0.25, 0.3) is 33.3 Å². The number of pyridine rings is 1. The summed E-state index contributed by atoms with van der Waals surface area (Å²) in [5.41, 5.74) is 15.5. The molecule has 0 saturated heterocycles. The normalized spacial score (nSPS) is 14.2. The second-order valence-corrected chi connectivity index (χ2v) is 9.78.